The Morgan fingerprint density at radius 2 is 2.09 bits per heavy atom. The molecule has 8 nitrogen and oxygen atoms in total. The summed E-state index contributed by atoms with van der Waals surface area (Å²) in [7, 11) is 1.42. The van der Waals surface area contributed by atoms with Crippen LogP contribution in [0.1, 0.15) is 38.5 Å². The molecular weight excluding hydrogens is 464 g/mol. The maximum atomic E-state index is 12.9. The molecule has 3 aromatic rings. The summed E-state index contributed by atoms with van der Waals surface area (Å²) >= 11 is 7.75. The average molecular weight is 487 g/mol. The Morgan fingerprint density at radius 3 is 2.82 bits per heavy atom. The Labute approximate surface area is 200 Å². The Hall–Kier alpha value is -3.04. The highest BCUT2D eigenvalue weighted by atomic mass is 35.5. The number of hydrogen-bond acceptors (Lipinski definition) is 8. The van der Waals surface area contributed by atoms with Gasteiger partial charge in [-0.3, -0.25) is 9.69 Å². The first-order chi connectivity index (χ1) is 15.9. The second-order valence-corrected chi connectivity index (χ2v) is 8.85. The van der Waals surface area contributed by atoms with E-state index in [0.29, 0.717) is 27.7 Å². The second kappa shape index (κ2) is 9.84. The predicted molar refractivity (Wildman–Crippen MR) is 127 cm³/mol. The minimum absolute atomic E-state index is 0.0748. The van der Waals surface area contributed by atoms with E-state index in [-0.39, 0.29) is 28.3 Å². The highest BCUT2D eigenvalue weighted by molar-refractivity contribution is 7.99. The molecule has 0 spiro atoms. The van der Waals surface area contributed by atoms with E-state index in [4.69, 9.17) is 21.1 Å². The first-order valence-electron chi connectivity index (χ1n) is 10.4. The fourth-order valence-corrected chi connectivity index (χ4v) is 4.61. The average Bonchev–Trinajstić information content (AvgIpc) is 2.95. The quantitative estimate of drug-likeness (QED) is 0.373. The van der Waals surface area contributed by atoms with E-state index >= 15 is 0 Å². The SMILES string of the molecule is CCCCSc1nnc2c(n1)O[C@@H](c1cc(Cl)c(O)c(OC)c1)N(C(C)=O)c1ccccc1-2. The van der Waals surface area contributed by atoms with E-state index in [2.05, 4.69) is 22.1 Å². The minimum Gasteiger partial charge on any atom is -0.503 e. The molecule has 0 saturated carbocycles. The van der Waals surface area contributed by atoms with Crippen molar-refractivity contribution < 1.29 is 19.4 Å². The van der Waals surface area contributed by atoms with Crippen molar-refractivity contribution in [3.05, 3.63) is 47.0 Å². The van der Waals surface area contributed by atoms with Gasteiger partial charge in [0.1, 0.15) is 0 Å². The van der Waals surface area contributed by atoms with Gasteiger partial charge in [0.25, 0.3) is 0 Å². The van der Waals surface area contributed by atoms with E-state index in [0.717, 1.165) is 18.6 Å². The van der Waals surface area contributed by atoms with Crippen molar-refractivity contribution in [2.24, 2.45) is 0 Å². The maximum absolute atomic E-state index is 12.9. The van der Waals surface area contributed by atoms with Crippen LogP contribution in [0.2, 0.25) is 5.02 Å². The number of carbonyl (C=O) groups excluding carboxylic acids is 1. The van der Waals surface area contributed by atoms with Crippen molar-refractivity contribution in [3.8, 4) is 28.6 Å². The van der Waals surface area contributed by atoms with Gasteiger partial charge in [-0.05, 0) is 24.6 Å². The van der Waals surface area contributed by atoms with Gasteiger partial charge in [-0.15, -0.1) is 10.2 Å². The number of phenols is 1. The Morgan fingerprint density at radius 1 is 1.30 bits per heavy atom. The molecule has 1 aliphatic heterocycles. The molecule has 1 N–H and O–H groups in total. The molecule has 0 unspecified atom stereocenters. The molecule has 1 amide bonds. The predicted octanol–water partition coefficient (Wildman–Crippen LogP) is 5.24. The van der Waals surface area contributed by atoms with Crippen molar-refractivity contribution in [3.63, 3.8) is 0 Å². The molecule has 33 heavy (non-hydrogen) atoms. The molecule has 172 valence electrons. The van der Waals surface area contributed by atoms with Crippen LogP contribution in [0.25, 0.3) is 11.3 Å². The first kappa shape index (κ1) is 23.1. The molecule has 0 fully saturated rings. The van der Waals surface area contributed by atoms with Crippen molar-refractivity contribution in [1.82, 2.24) is 15.2 Å². The largest absolute Gasteiger partial charge is 0.503 e. The number of rotatable bonds is 6. The van der Waals surface area contributed by atoms with Crippen molar-refractivity contribution in [2.75, 3.05) is 17.8 Å². The van der Waals surface area contributed by atoms with Crippen LogP contribution in [0, 0.1) is 0 Å². The number of aromatic nitrogens is 3. The van der Waals surface area contributed by atoms with E-state index in [1.54, 1.807) is 12.1 Å². The van der Waals surface area contributed by atoms with E-state index < -0.39 is 6.23 Å². The Bertz CT molecular complexity index is 1190. The molecule has 0 radical (unpaired) electrons. The molecule has 0 bridgehead atoms. The number of methoxy groups -OCH3 is 1. The molecule has 0 aliphatic carbocycles. The summed E-state index contributed by atoms with van der Waals surface area (Å²) in [5.74, 6) is 0.841. The van der Waals surface area contributed by atoms with Gasteiger partial charge >= 0.3 is 0 Å². The Kier molecular flexibility index (Phi) is 6.90. The molecular formula is C23H23ClN4O4S. The third-order valence-electron chi connectivity index (χ3n) is 5.14. The minimum atomic E-state index is -0.929. The molecule has 2 aromatic carbocycles. The third-order valence-corrected chi connectivity index (χ3v) is 6.35. The number of phenolic OH excluding ortho intramolecular Hbond substituents is 1. The number of para-hydroxylation sites is 1. The number of aromatic hydroxyl groups is 1. The van der Waals surface area contributed by atoms with Gasteiger partial charge in [-0.2, -0.15) is 4.98 Å². The lowest BCUT2D eigenvalue weighted by atomic mass is 10.1. The zero-order valence-corrected chi connectivity index (χ0v) is 20.0. The van der Waals surface area contributed by atoms with Crippen LogP contribution in [-0.4, -0.2) is 39.1 Å². The summed E-state index contributed by atoms with van der Waals surface area (Å²) in [6.07, 6.45) is 1.16. The van der Waals surface area contributed by atoms with Gasteiger partial charge in [-0.25, -0.2) is 0 Å². The van der Waals surface area contributed by atoms with E-state index in [1.807, 2.05) is 24.3 Å². The van der Waals surface area contributed by atoms with Crippen LogP contribution >= 0.6 is 23.4 Å². The highest BCUT2D eigenvalue weighted by Crippen LogP contribution is 2.45. The number of thioether (sulfide) groups is 1. The number of unbranched alkanes of at least 4 members (excludes halogenated alkanes) is 1. The third kappa shape index (κ3) is 4.56. The number of halogens is 1. The van der Waals surface area contributed by atoms with Gasteiger partial charge in [0.05, 0.1) is 17.8 Å². The normalized spacial score (nSPS) is 14.7. The summed E-state index contributed by atoms with van der Waals surface area (Å²) in [4.78, 5) is 19.0. The van der Waals surface area contributed by atoms with E-state index in [9.17, 15) is 9.90 Å². The number of hydrogen-bond donors (Lipinski definition) is 1. The van der Waals surface area contributed by atoms with Gasteiger partial charge in [0.15, 0.2) is 17.2 Å². The van der Waals surface area contributed by atoms with Crippen LogP contribution in [-0.2, 0) is 4.79 Å². The maximum Gasteiger partial charge on any atom is 0.247 e. The highest BCUT2D eigenvalue weighted by Gasteiger charge is 2.35. The first-order valence-corrected chi connectivity index (χ1v) is 11.8. The fourth-order valence-electron chi connectivity index (χ4n) is 3.53. The molecule has 0 saturated heterocycles. The van der Waals surface area contributed by atoms with Crippen LogP contribution in [0.5, 0.6) is 17.4 Å². The Balaban J connectivity index is 1.89. The lowest BCUT2D eigenvalue weighted by Gasteiger charge is -2.30. The van der Waals surface area contributed by atoms with Crippen LogP contribution in [0.3, 0.4) is 0 Å². The monoisotopic (exact) mass is 486 g/mol. The number of nitrogens with zero attached hydrogens (tertiary/aromatic N) is 4. The lowest BCUT2D eigenvalue weighted by Crippen LogP contribution is -2.36. The number of ether oxygens (including phenoxy) is 2. The zero-order valence-electron chi connectivity index (χ0n) is 18.4. The number of carbonyl (C=O) groups is 1. The smallest absolute Gasteiger partial charge is 0.247 e. The van der Waals surface area contributed by atoms with Crippen LogP contribution in [0.4, 0.5) is 5.69 Å². The zero-order chi connectivity index (χ0) is 23.5. The summed E-state index contributed by atoms with van der Waals surface area (Å²) in [6, 6.07) is 10.5. The van der Waals surface area contributed by atoms with Crippen LogP contribution < -0.4 is 14.4 Å². The van der Waals surface area contributed by atoms with E-state index in [1.165, 1.54) is 30.7 Å². The van der Waals surface area contributed by atoms with Gasteiger partial charge in [0.2, 0.25) is 23.2 Å². The molecule has 1 aromatic heterocycles. The number of fused-ring (bicyclic) bond motifs is 3. The topological polar surface area (TPSA) is 97.7 Å². The van der Waals surface area contributed by atoms with Crippen molar-refractivity contribution in [1.29, 1.82) is 0 Å². The summed E-state index contributed by atoms with van der Waals surface area (Å²) < 4.78 is 11.6. The lowest BCUT2D eigenvalue weighted by molar-refractivity contribution is -0.118. The number of amides is 1. The summed E-state index contributed by atoms with van der Waals surface area (Å²) in [5, 5.41) is 19.4. The van der Waals surface area contributed by atoms with Crippen molar-refractivity contribution >= 4 is 35.0 Å². The molecule has 2 heterocycles. The van der Waals surface area contributed by atoms with Gasteiger partial charge < -0.3 is 14.6 Å². The molecule has 4 rings (SSSR count). The molecule has 1 aliphatic rings. The van der Waals surface area contributed by atoms with Crippen molar-refractivity contribution in [2.45, 2.75) is 38.1 Å². The molecule has 1 atom stereocenters. The molecule has 10 heteroatoms. The number of benzene rings is 2. The van der Waals surface area contributed by atoms with Crippen LogP contribution in [0.15, 0.2) is 41.6 Å². The van der Waals surface area contributed by atoms with Gasteiger partial charge in [0, 0.05) is 23.8 Å². The fraction of sp³-hybridized carbons (Fsp3) is 0.304. The summed E-state index contributed by atoms with van der Waals surface area (Å²) in [6.45, 7) is 3.57. The number of anilines is 1. The van der Waals surface area contributed by atoms with Gasteiger partial charge in [-0.1, -0.05) is 54.9 Å². The second-order valence-electron chi connectivity index (χ2n) is 7.38. The standard InChI is InChI=1S/C23H23ClN4O4S/c1-4-5-10-33-23-25-21-19(26-27-23)15-8-6-7-9-17(15)28(13(2)29)22(32-21)14-11-16(24)20(30)18(12-14)31-3/h6-9,11-12,22,30H,4-5,10H2,1-3H3/t22-/m0/s1. The summed E-state index contributed by atoms with van der Waals surface area (Å²) in [5.41, 5.74) is 2.22.